The van der Waals surface area contributed by atoms with Crippen LogP contribution in [-0.2, 0) is 10.9 Å². The van der Waals surface area contributed by atoms with E-state index in [-0.39, 0.29) is 11.5 Å². The molecule has 4 nitrogen and oxygen atoms in total. The quantitative estimate of drug-likeness (QED) is 0.921. The lowest BCUT2D eigenvalue weighted by atomic mass is 10.1. The monoisotopic (exact) mass is 302 g/mol. The Kier molecular flexibility index (Phi) is 5.19. The van der Waals surface area contributed by atoms with Crippen molar-refractivity contribution in [2.24, 2.45) is 0 Å². The van der Waals surface area contributed by atoms with Gasteiger partial charge in [0, 0.05) is 31.7 Å². The lowest BCUT2D eigenvalue weighted by molar-refractivity contribution is -0.137. The second kappa shape index (κ2) is 6.91. The maximum absolute atomic E-state index is 12.4. The Morgan fingerprint density at radius 1 is 1.19 bits per heavy atom. The minimum absolute atomic E-state index is 0.227. The highest BCUT2D eigenvalue weighted by molar-refractivity contribution is 5.94. The number of benzene rings is 1. The Hall–Kier alpha value is -1.60. The Balaban J connectivity index is 1.80. The van der Waals surface area contributed by atoms with Crippen LogP contribution in [0.25, 0.3) is 0 Å². The van der Waals surface area contributed by atoms with Crippen molar-refractivity contribution in [1.82, 2.24) is 10.2 Å². The van der Waals surface area contributed by atoms with E-state index >= 15 is 0 Å². The summed E-state index contributed by atoms with van der Waals surface area (Å²) in [6.45, 7) is 4.20. The van der Waals surface area contributed by atoms with Crippen molar-refractivity contribution in [2.75, 3.05) is 39.4 Å². The normalized spacial score (nSPS) is 16.7. The molecule has 7 heteroatoms. The number of amides is 1. The van der Waals surface area contributed by atoms with Gasteiger partial charge in [0.2, 0.25) is 0 Å². The van der Waals surface area contributed by atoms with Crippen LogP contribution in [0.15, 0.2) is 24.3 Å². The van der Waals surface area contributed by atoms with E-state index in [2.05, 4.69) is 10.2 Å². The van der Waals surface area contributed by atoms with Crippen molar-refractivity contribution in [2.45, 2.75) is 6.18 Å². The molecule has 1 amide bonds. The molecule has 1 aromatic carbocycles. The molecule has 1 heterocycles. The number of morpholine rings is 1. The van der Waals surface area contributed by atoms with Crippen LogP contribution < -0.4 is 5.32 Å². The molecule has 0 aromatic heterocycles. The molecule has 0 aliphatic carbocycles. The minimum atomic E-state index is -4.38. The van der Waals surface area contributed by atoms with E-state index in [4.69, 9.17) is 4.74 Å². The van der Waals surface area contributed by atoms with Crippen molar-refractivity contribution in [3.63, 3.8) is 0 Å². The third kappa shape index (κ3) is 4.71. The predicted molar refractivity (Wildman–Crippen MR) is 71.0 cm³/mol. The number of alkyl halides is 3. The van der Waals surface area contributed by atoms with Crippen molar-refractivity contribution in [1.29, 1.82) is 0 Å². The summed E-state index contributed by atoms with van der Waals surface area (Å²) >= 11 is 0. The van der Waals surface area contributed by atoms with Gasteiger partial charge in [0.25, 0.3) is 5.91 Å². The summed E-state index contributed by atoms with van der Waals surface area (Å²) in [6, 6.07) is 4.20. The van der Waals surface area contributed by atoms with E-state index in [1.165, 1.54) is 12.1 Å². The SMILES string of the molecule is O=C(NCCN1CCOCC1)c1ccc(C(F)(F)F)cc1. The van der Waals surface area contributed by atoms with Crippen LogP contribution in [0.4, 0.5) is 13.2 Å². The average Bonchev–Trinajstić information content (AvgIpc) is 2.47. The van der Waals surface area contributed by atoms with Gasteiger partial charge in [-0.2, -0.15) is 13.2 Å². The van der Waals surface area contributed by atoms with E-state index in [1.54, 1.807) is 0 Å². The Morgan fingerprint density at radius 3 is 2.38 bits per heavy atom. The smallest absolute Gasteiger partial charge is 0.379 e. The fourth-order valence-corrected chi connectivity index (χ4v) is 2.06. The van der Waals surface area contributed by atoms with Gasteiger partial charge in [0.15, 0.2) is 0 Å². The predicted octanol–water partition coefficient (Wildman–Crippen LogP) is 1.77. The fraction of sp³-hybridized carbons (Fsp3) is 0.500. The average molecular weight is 302 g/mol. The lowest BCUT2D eigenvalue weighted by Crippen LogP contribution is -2.41. The van der Waals surface area contributed by atoms with Gasteiger partial charge in [-0.1, -0.05) is 0 Å². The molecule has 0 bridgehead atoms. The first-order chi connectivity index (χ1) is 9.97. The molecule has 0 saturated carbocycles. The second-order valence-electron chi connectivity index (χ2n) is 4.79. The molecular formula is C14H17F3N2O2. The first kappa shape index (κ1) is 15.8. The summed E-state index contributed by atoms with van der Waals surface area (Å²) < 4.78 is 42.5. The number of ether oxygens (including phenoxy) is 1. The number of nitrogens with zero attached hydrogens (tertiary/aromatic N) is 1. The van der Waals surface area contributed by atoms with E-state index < -0.39 is 11.7 Å². The molecule has 1 aliphatic rings. The Morgan fingerprint density at radius 2 is 1.81 bits per heavy atom. The Labute approximate surface area is 120 Å². The standard InChI is InChI=1S/C14H17F3N2O2/c15-14(16,17)12-3-1-11(2-4-12)13(20)18-5-6-19-7-9-21-10-8-19/h1-4H,5-10H2,(H,18,20). The summed E-state index contributed by atoms with van der Waals surface area (Å²) in [5.74, 6) is -0.364. The molecule has 1 N–H and O–H groups in total. The van der Waals surface area contributed by atoms with Gasteiger partial charge in [-0.15, -0.1) is 0 Å². The fourth-order valence-electron chi connectivity index (χ4n) is 2.06. The topological polar surface area (TPSA) is 41.6 Å². The van der Waals surface area contributed by atoms with Gasteiger partial charge in [-0.3, -0.25) is 9.69 Å². The molecule has 1 aliphatic heterocycles. The first-order valence-electron chi connectivity index (χ1n) is 6.72. The van der Waals surface area contributed by atoms with Crippen molar-refractivity contribution < 1.29 is 22.7 Å². The molecule has 0 radical (unpaired) electrons. The maximum atomic E-state index is 12.4. The summed E-state index contributed by atoms with van der Waals surface area (Å²) in [4.78, 5) is 14.0. The summed E-state index contributed by atoms with van der Waals surface area (Å²) in [5, 5.41) is 2.70. The second-order valence-corrected chi connectivity index (χ2v) is 4.79. The van der Waals surface area contributed by atoms with Gasteiger partial charge in [-0.05, 0) is 24.3 Å². The highest BCUT2D eigenvalue weighted by Gasteiger charge is 2.30. The summed E-state index contributed by atoms with van der Waals surface area (Å²) in [7, 11) is 0. The number of hydrogen-bond acceptors (Lipinski definition) is 3. The number of carbonyl (C=O) groups excluding carboxylic acids is 1. The molecule has 1 saturated heterocycles. The van der Waals surface area contributed by atoms with E-state index in [0.717, 1.165) is 25.2 Å². The molecule has 0 unspecified atom stereocenters. The van der Waals surface area contributed by atoms with Crippen molar-refractivity contribution >= 4 is 5.91 Å². The van der Waals surface area contributed by atoms with Gasteiger partial charge in [0.05, 0.1) is 18.8 Å². The van der Waals surface area contributed by atoms with Crippen LogP contribution in [0.3, 0.4) is 0 Å². The van der Waals surface area contributed by atoms with Gasteiger partial charge < -0.3 is 10.1 Å². The van der Waals surface area contributed by atoms with Crippen LogP contribution in [0.1, 0.15) is 15.9 Å². The van der Waals surface area contributed by atoms with Crippen LogP contribution in [0.2, 0.25) is 0 Å². The van der Waals surface area contributed by atoms with E-state index in [1.807, 2.05) is 0 Å². The van der Waals surface area contributed by atoms with Gasteiger partial charge in [-0.25, -0.2) is 0 Å². The van der Waals surface area contributed by atoms with Crippen molar-refractivity contribution in [3.8, 4) is 0 Å². The zero-order valence-electron chi connectivity index (χ0n) is 11.4. The third-order valence-electron chi connectivity index (χ3n) is 3.29. The first-order valence-corrected chi connectivity index (χ1v) is 6.72. The largest absolute Gasteiger partial charge is 0.416 e. The molecule has 1 fully saturated rings. The Bertz CT molecular complexity index is 468. The highest BCUT2D eigenvalue weighted by atomic mass is 19.4. The number of rotatable bonds is 4. The number of halogens is 3. The van der Waals surface area contributed by atoms with E-state index in [0.29, 0.717) is 26.3 Å². The number of nitrogens with one attached hydrogen (secondary N) is 1. The molecule has 2 rings (SSSR count). The molecule has 116 valence electrons. The molecule has 1 aromatic rings. The maximum Gasteiger partial charge on any atom is 0.416 e. The van der Waals surface area contributed by atoms with Crippen LogP contribution in [0, 0.1) is 0 Å². The molecule has 21 heavy (non-hydrogen) atoms. The van der Waals surface area contributed by atoms with Gasteiger partial charge >= 0.3 is 6.18 Å². The van der Waals surface area contributed by atoms with E-state index in [9.17, 15) is 18.0 Å². The van der Waals surface area contributed by atoms with Crippen LogP contribution in [0.5, 0.6) is 0 Å². The van der Waals surface area contributed by atoms with Crippen LogP contribution >= 0.6 is 0 Å². The summed E-state index contributed by atoms with van der Waals surface area (Å²) in [6.07, 6.45) is -4.38. The highest BCUT2D eigenvalue weighted by Crippen LogP contribution is 2.28. The third-order valence-corrected chi connectivity index (χ3v) is 3.29. The van der Waals surface area contributed by atoms with Crippen LogP contribution in [-0.4, -0.2) is 50.2 Å². The molecule has 0 spiro atoms. The van der Waals surface area contributed by atoms with Gasteiger partial charge in [0.1, 0.15) is 0 Å². The van der Waals surface area contributed by atoms with Crippen molar-refractivity contribution in [3.05, 3.63) is 35.4 Å². The lowest BCUT2D eigenvalue weighted by Gasteiger charge is -2.26. The number of carbonyl (C=O) groups is 1. The summed E-state index contributed by atoms with van der Waals surface area (Å²) in [5.41, 5.74) is -0.530. The zero-order chi connectivity index (χ0) is 15.3. The minimum Gasteiger partial charge on any atom is -0.379 e. The molecular weight excluding hydrogens is 285 g/mol. The zero-order valence-corrected chi connectivity index (χ0v) is 11.4. The number of hydrogen-bond donors (Lipinski definition) is 1. The molecule has 0 atom stereocenters.